The standard InChI is InChI=1S/C61H40N2O/c1-2-16-43(17-3-1)61(55-24-9-4-19-49(55)50-20-5-10-25-56(50)61)44-30-32-45(33-31-44)62(46-34-36-47(37-35-46)63-57-26-11-6-21-51(57)52-22-7-12-27-58(52)63)48-18-14-15-41(39-48)42-29-38-60-54(40-42)53-23-8-13-28-59(53)64-60/h1-40H. The summed E-state index contributed by atoms with van der Waals surface area (Å²) < 4.78 is 8.59. The van der Waals surface area contributed by atoms with E-state index < -0.39 is 5.41 Å². The van der Waals surface area contributed by atoms with E-state index >= 15 is 0 Å². The molecule has 0 N–H and O–H groups in total. The molecule has 0 unspecified atom stereocenters. The summed E-state index contributed by atoms with van der Waals surface area (Å²) in [5.74, 6) is 0. The van der Waals surface area contributed by atoms with Gasteiger partial charge in [-0.1, -0.05) is 164 Å². The van der Waals surface area contributed by atoms with E-state index in [1.165, 1.54) is 55.2 Å². The number of aromatic nitrogens is 1. The number of anilines is 3. The van der Waals surface area contributed by atoms with Crippen LogP contribution < -0.4 is 4.90 Å². The van der Waals surface area contributed by atoms with Gasteiger partial charge in [0.2, 0.25) is 0 Å². The van der Waals surface area contributed by atoms with E-state index in [1.807, 2.05) is 12.1 Å². The zero-order valence-corrected chi connectivity index (χ0v) is 34.9. The van der Waals surface area contributed by atoms with Crippen LogP contribution in [0.4, 0.5) is 17.1 Å². The fourth-order valence-corrected chi connectivity index (χ4v) is 10.7. The number of fused-ring (bicyclic) bond motifs is 9. The van der Waals surface area contributed by atoms with Gasteiger partial charge in [0.05, 0.1) is 16.4 Å². The molecule has 0 atom stereocenters. The van der Waals surface area contributed by atoms with Crippen molar-refractivity contribution in [1.29, 1.82) is 0 Å². The summed E-state index contributed by atoms with van der Waals surface area (Å²) in [6.45, 7) is 0. The molecule has 0 amide bonds. The largest absolute Gasteiger partial charge is 0.456 e. The first-order chi connectivity index (χ1) is 31.7. The number of para-hydroxylation sites is 3. The number of furan rings is 1. The molecule has 10 aromatic carbocycles. The Hall–Kier alpha value is -8.40. The third-order valence-electron chi connectivity index (χ3n) is 13.5. The number of benzene rings is 10. The van der Waals surface area contributed by atoms with Crippen molar-refractivity contribution in [2.75, 3.05) is 4.90 Å². The van der Waals surface area contributed by atoms with E-state index in [-0.39, 0.29) is 0 Å². The van der Waals surface area contributed by atoms with Crippen molar-refractivity contribution < 1.29 is 4.42 Å². The Labute approximate surface area is 371 Å². The predicted molar refractivity (Wildman–Crippen MR) is 265 cm³/mol. The summed E-state index contributed by atoms with van der Waals surface area (Å²) >= 11 is 0. The summed E-state index contributed by atoms with van der Waals surface area (Å²) in [5, 5.41) is 4.75. The van der Waals surface area contributed by atoms with Gasteiger partial charge in [0, 0.05) is 44.3 Å². The van der Waals surface area contributed by atoms with Gasteiger partial charge in [-0.15, -0.1) is 0 Å². The Morgan fingerprint density at radius 1 is 0.344 bits per heavy atom. The Morgan fingerprint density at radius 2 is 0.875 bits per heavy atom. The average molecular weight is 817 g/mol. The lowest BCUT2D eigenvalue weighted by atomic mass is 9.68. The van der Waals surface area contributed by atoms with Crippen LogP contribution >= 0.6 is 0 Å². The number of nitrogens with zero attached hydrogens (tertiary/aromatic N) is 2. The molecule has 1 aliphatic carbocycles. The molecule has 3 nitrogen and oxygen atoms in total. The third kappa shape index (κ3) is 5.41. The van der Waals surface area contributed by atoms with Crippen molar-refractivity contribution in [2.45, 2.75) is 5.41 Å². The van der Waals surface area contributed by atoms with Gasteiger partial charge in [-0.05, 0) is 123 Å². The van der Waals surface area contributed by atoms with Crippen LogP contribution in [0.1, 0.15) is 22.3 Å². The molecule has 13 rings (SSSR count). The lowest BCUT2D eigenvalue weighted by Crippen LogP contribution is -2.28. The van der Waals surface area contributed by atoms with Gasteiger partial charge in [0.25, 0.3) is 0 Å². The summed E-state index contributed by atoms with van der Waals surface area (Å²) in [4.78, 5) is 2.39. The summed E-state index contributed by atoms with van der Waals surface area (Å²) in [5.41, 5.74) is 18.0. The Bertz CT molecular complexity index is 3630. The molecule has 300 valence electrons. The van der Waals surface area contributed by atoms with E-state index in [9.17, 15) is 0 Å². The van der Waals surface area contributed by atoms with E-state index in [4.69, 9.17) is 4.42 Å². The zero-order chi connectivity index (χ0) is 42.2. The first-order valence-electron chi connectivity index (χ1n) is 22.0. The lowest BCUT2D eigenvalue weighted by molar-refractivity contribution is 0.669. The highest BCUT2D eigenvalue weighted by Crippen LogP contribution is 2.56. The summed E-state index contributed by atoms with van der Waals surface area (Å²) in [6, 6.07) is 88.3. The van der Waals surface area contributed by atoms with Crippen LogP contribution in [-0.4, -0.2) is 4.57 Å². The van der Waals surface area contributed by atoms with Gasteiger partial charge in [0.15, 0.2) is 0 Å². The maximum absolute atomic E-state index is 6.22. The van der Waals surface area contributed by atoms with Gasteiger partial charge in [-0.3, -0.25) is 0 Å². The van der Waals surface area contributed by atoms with Crippen molar-refractivity contribution in [3.05, 3.63) is 265 Å². The van der Waals surface area contributed by atoms with Crippen molar-refractivity contribution in [3.63, 3.8) is 0 Å². The molecule has 64 heavy (non-hydrogen) atoms. The molecule has 0 saturated carbocycles. The molecule has 2 heterocycles. The van der Waals surface area contributed by atoms with Gasteiger partial charge < -0.3 is 13.9 Å². The molecular formula is C61H40N2O. The Balaban J connectivity index is 0.975. The summed E-state index contributed by atoms with van der Waals surface area (Å²) in [6.07, 6.45) is 0. The molecule has 0 radical (unpaired) electrons. The topological polar surface area (TPSA) is 21.3 Å². The summed E-state index contributed by atoms with van der Waals surface area (Å²) in [7, 11) is 0. The Kier molecular flexibility index (Phi) is 8.13. The van der Waals surface area contributed by atoms with Crippen LogP contribution in [0.15, 0.2) is 247 Å². The van der Waals surface area contributed by atoms with E-state index in [0.717, 1.165) is 55.8 Å². The van der Waals surface area contributed by atoms with Gasteiger partial charge >= 0.3 is 0 Å². The number of hydrogen-bond acceptors (Lipinski definition) is 2. The first kappa shape index (κ1) is 36.3. The third-order valence-corrected chi connectivity index (χ3v) is 13.5. The number of hydrogen-bond donors (Lipinski definition) is 0. The van der Waals surface area contributed by atoms with Crippen LogP contribution in [-0.2, 0) is 5.41 Å². The fourth-order valence-electron chi connectivity index (χ4n) is 10.7. The maximum atomic E-state index is 6.22. The minimum absolute atomic E-state index is 0.475. The molecule has 0 bridgehead atoms. The minimum Gasteiger partial charge on any atom is -0.456 e. The van der Waals surface area contributed by atoms with Gasteiger partial charge in [0.1, 0.15) is 11.2 Å². The SMILES string of the molecule is c1ccc(C2(c3ccc(N(c4ccc(-n5c6ccccc6c6ccccc65)cc4)c4cccc(-c5ccc6oc7ccccc7c6c5)c4)cc3)c3ccccc3-c3ccccc32)cc1. The highest BCUT2D eigenvalue weighted by molar-refractivity contribution is 6.09. The Morgan fingerprint density at radius 3 is 1.56 bits per heavy atom. The fraction of sp³-hybridized carbons (Fsp3) is 0.0164. The highest BCUT2D eigenvalue weighted by Gasteiger charge is 2.45. The predicted octanol–water partition coefficient (Wildman–Crippen LogP) is 16.2. The zero-order valence-electron chi connectivity index (χ0n) is 34.9. The smallest absolute Gasteiger partial charge is 0.135 e. The van der Waals surface area contributed by atoms with Crippen molar-refractivity contribution >= 4 is 60.8 Å². The molecule has 0 fully saturated rings. The normalized spacial score (nSPS) is 12.8. The lowest BCUT2D eigenvalue weighted by Gasteiger charge is -2.34. The molecule has 3 heteroatoms. The molecule has 0 saturated heterocycles. The van der Waals surface area contributed by atoms with Crippen molar-refractivity contribution in [3.8, 4) is 27.9 Å². The van der Waals surface area contributed by atoms with E-state index in [2.05, 4.69) is 240 Å². The van der Waals surface area contributed by atoms with Gasteiger partial charge in [-0.25, -0.2) is 0 Å². The molecule has 0 spiro atoms. The first-order valence-corrected chi connectivity index (χ1v) is 22.0. The quantitative estimate of drug-likeness (QED) is 0.160. The van der Waals surface area contributed by atoms with Crippen LogP contribution in [0, 0.1) is 0 Å². The highest BCUT2D eigenvalue weighted by atomic mass is 16.3. The molecule has 12 aromatic rings. The average Bonchev–Trinajstić information content (AvgIpc) is 4.01. The molecule has 1 aliphatic rings. The second-order valence-corrected chi connectivity index (χ2v) is 16.8. The van der Waals surface area contributed by atoms with E-state index in [0.29, 0.717) is 0 Å². The van der Waals surface area contributed by atoms with Crippen LogP contribution in [0.2, 0.25) is 0 Å². The van der Waals surface area contributed by atoms with Crippen LogP contribution in [0.5, 0.6) is 0 Å². The molecule has 2 aromatic heterocycles. The van der Waals surface area contributed by atoms with Crippen LogP contribution in [0.3, 0.4) is 0 Å². The monoisotopic (exact) mass is 816 g/mol. The van der Waals surface area contributed by atoms with Crippen LogP contribution in [0.25, 0.3) is 71.7 Å². The number of rotatable bonds is 7. The van der Waals surface area contributed by atoms with Crippen molar-refractivity contribution in [2.24, 2.45) is 0 Å². The second kappa shape index (κ2) is 14.3. The van der Waals surface area contributed by atoms with Gasteiger partial charge in [-0.2, -0.15) is 0 Å². The molecular weight excluding hydrogens is 777 g/mol. The minimum atomic E-state index is -0.475. The second-order valence-electron chi connectivity index (χ2n) is 16.8. The molecule has 0 aliphatic heterocycles. The van der Waals surface area contributed by atoms with E-state index in [1.54, 1.807) is 0 Å². The van der Waals surface area contributed by atoms with Crippen molar-refractivity contribution in [1.82, 2.24) is 4.57 Å². The maximum Gasteiger partial charge on any atom is 0.135 e.